The van der Waals surface area contributed by atoms with Gasteiger partial charge in [0.25, 0.3) is 5.91 Å². The molecule has 8 heteroatoms. The maximum absolute atomic E-state index is 12.6. The Hall–Kier alpha value is -2.77. The van der Waals surface area contributed by atoms with E-state index in [9.17, 15) is 18.0 Å². The molecule has 5 nitrogen and oxygen atoms in total. The van der Waals surface area contributed by atoms with E-state index in [1.54, 1.807) is 6.07 Å². The van der Waals surface area contributed by atoms with Crippen LogP contribution in [-0.4, -0.2) is 36.6 Å². The van der Waals surface area contributed by atoms with Crippen LogP contribution in [0.1, 0.15) is 17.5 Å². The lowest BCUT2D eigenvalue weighted by atomic mass is 10.2. The highest BCUT2D eigenvalue weighted by atomic mass is 19.4. The average Bonchev–Trinajstić information content (AvgIpc) is 3.08. The molecule has 1 N–H and O–H groups in total. The van der Waals surface area contributed by atoms with Crippen LogP contribution in [-0.2, 0) is 11.0 Å². The van der Waals surface area contributed by atoms with Gasteiger partial charge in [-0.05, 0) is 43.2 Å². The van der Waals surface area contributed by atoms with Crippen molar-refractivity contribution in [3.05, 3.63) is 53.7 Å². The van der Waals surface area contributed by atoms with Crippen LogP contribution in [0.3, 0.4) is 0 Å². The third-order valence-corrected chi connectivity index (χ3v) is 4.31. The van der Waals surface area contributed by atoms with Crippen LogP contribution in [0.2, 0.25) is 0 Å². The maximum Gasteiger partial charge on any atom is 0.417 e. The Morgan fingerprint density at radius 3 is 2.81 bits per heavy atom. The number of aromatic nitrogens is 1. The lowest BCUT2D eigenvalue weighted by molar-refractivity contribution is -0.137. The van der Waals surface area contributed by atoms with Crippen molar-refractivity contribution in [3.8, 4) is 5.75 Å². The number of carbonyl (C=O) groups excluding carboxylic acids is 1. The molecule has 27 heavy (non-hydrogen) atoms. The molecule has 0 saturated carbocycles. The van der Waals surface area contributed by atoms with Gasteiger partial charge in [-0.2, -0.15) is 13.2 Å². The van der Waals surface area contributed by atoms with E-state index in [-0.39, 0.29) is 18.6 Å². The molecule has 1 unspecified atom stereocenters. The summed E-state index contributed by atoms with van der Waals surface area (Å²) in [5.74, 6) is 0.867. The molecule has 1 aliphatic heterocycles. The zero-order chi connectivity index (χ0) is 19.4. The van der Waals surface area contributed by atoms with Crippen molar-refractivity contribution in [1.29, 1.82) is 0 Å². The normalized spacial score (nSPS) is 17.0. The fourth-order valence-corrected chi connectivity index (χ4v) is 2.95. The largest absolute Gasteiger partial charge is 0.484 e. The highest BCUT2D eigenvalue weighted by Crippen LogP contribution is 2.29. The molecule has 144 valence electrons. The number of benzene rings is 1. The number of hydrogen-bond acceptors (Lipinski definition) is 4. The van der Waals surface area contributed by atoms with Crippen molar-refractivity contribution in [3.63, 3.8) is 0 Å². The predicted octanol–water partition coefficient (Wildman–Crippen LogP) is 3.18. The number of aryl methyl sites for hydroxylation is 1. The number of nitrogens with zero attached hydrogens (tertiary/aromatic N) is 2. The third kappa shape index (κ3) is 5.12. The fraction of sp³-hybridized carbons (Fsp3) is 0.368. The molecule has 1 aliphatic rings. The summed E-state index contributed by atoms with van der Waals surface area (Å²) in [5.41, 5.74) is 0.270. The molecular formula is C19H20F3N3O2. The van der Waals surface area contributed by atoms with Gasteiger partial charge in [0.2, 0.25) is 0 Å². The lowest BCUT2D eigenvalue weighted by Gasteiger charge is -2.18. The zero-order valence-corrected chi connectivity index (χ0v) is 14.8. The molecule has 1 amide bonds. The van der Waals surface area contributed by atoms with E-state index in [1.807, 2.05) is 30.0 Å². The summed E-state index contributed by atoms with van der Waals surface area (Å²) < 4.78 is 43.3. The molecular weight excluding hydrogens is 359 g/mol. The van der Waals surface area contributed by atoms with Crippen molar-refractivity contribution in [1.82, 2.24) is 10.3 Å². The van der Waals surface area contributed by atoms with Crippen molar-refractivity contribution < 1.29 is 22.7 Å². The van der Waals surface area contributed by atoms with E-state index in [2.05, 4.69) is 10.3 Å². The standard InChI is InChI=1S/C19H20F3N3O2/c1-13-3-2-4-16(9-13)27-12-18(26)24-15-7-8-25(11-15)17-6-5-14(10-23-17)19(20,21)22/h2-6,9-10,15H,7-8,11-12H2,1H3,(H,24,26). The highest BCUT2D eigenvalue weighted by molar-refractivity contribution is 5.78. The number of ether oxygens (including phenoxy) is 1. The van der Waals surface area contributed by atoms with E-state index in [0.717, 1.165) is 17.8 Å². The second-order valence-corrected chi connectivity index (χ2v) is 6.51. The molecule has 0 radical (unpaired) electrons. The fourth-order valence-electron chi connectivity index (χ4n) is 2.95. The monoisotopic (exact) mass is 379 g/mol. The molecule has 1 fully saturated rings. The number of carbonyl (C=O) groups is 1. The summed E-state index contributed by atoms with van der Waals surface area (Å²) in [6.07, 6.45) is -2.87. The van der Waals surface area contributed by atoms with Gasteiger partial charge in [-0.3, -0.25) is 4.79 Å². The number of hydrogen-bond donors (Lipinski definition) is 1. The Morgan fingerprint density at radius 1 is 1.33 bits per heavy atom. The van der Waals surface area contributed by atoms with E-state index in [4.69, 9.17) is 4.74 Å². The number of anilines is 1. The first kappa shape index (κ1) is 19.0. The lowest BCUT2D eigenvalue weighted by Crippen LogP contribution is -2.39. The molecule has 0 aliphatic carbocycles. The molecule has 0 spiro atoms. The Bertz CT molecular complexity index is 794. The Labute approximate surface area is 155 Å². The Kier molecular flexibility index (Phi) is 5.53. The molecule has 2 aromatic rings. The van der Waals surface area contributed by atoms with Crippen LogP contribution in [0.15, 0.2) is 42.6 Å². The summed E-state index contributed by atoms with van der Waals surface area (Å²) in [7, 11) is 0. The maximum atomic E-state index is 12.6. The van der Waals surface area contributed by atoms with Gasteiger partial charge in [0.1, 0.15) is 11.6 Å². The SMILES string of the molecule is Cc1cccc(OCC(=O)NC2CCN(c3ccc(C(F)(F)F)cn3)C2)c1. The summed E-state index contributed by atoms with van der Waals surface area (Å²) >= 11 is 0. The summed E-state index contributed by atoms with van der Waals surface area (Å²) in [6.45, 7) is 2.96. The number of halogens is 3. The topological polar surface area (TPSA) is 54.5 Å². The molecule has 1 atom stereocenters. The van der Waals surface area contributed by atoms with E-state index < -0.39 is 11.7 Å². The van der Waals surface area contributed by atoms with Gasteiger partial charge >= 0.3 is 6.18 Å². The van der Waals surface area contributed by atoms with E-state index in [0.29, 0.717) is 31.1 Å². The first-order valence-corrected chi connectivity index (χ1v) is 8.58. The molecule has 1 aromatic heterocycles. The summed E-state index contributed by atoms with van der Waals surface area (Å²) in [6, 6.07) is 9.71. The minimum absolute atomic E-state index is 0.0848. The van der Waals surface area contributed by atoms with Gasteiger partial charge in [-0.15, -0.1) is 0 Å². The van der Waals surface area contributed by atoms with Crippen LogP contribution in [0.4, 0.5) is 19.0 Å². The van der Waals surface area contributed by atoms with Crippen molar-refractivity contribution in [2.24, 2.45) is 0 Å². The Balaban J connectivity index is 1.48. The number of rotatable bonds is 5. The second kappa shape index (κ2) is 7.85. The van der Waals surface area contributed by atoms with Gasteiger partial charge in [0.15, 0.2) is 6.61 Å². The van der Waals surface area contributed by atoms with E-state index in [1.165, 1.54) is 6.07 Å². The zero-order valence-electron chi connectivity index (χ0n) is 14.8. The number of alkyl halides is 3. The molecule has 1 aromatic carbocycles. The van der Waals surface area contributed by atoms with Gasteiger partial charge < -0.3 is 15.0 Å². The van der Waals surface area contributed by atoms with Crippen LogP contribution in [0.5, 0.6) is 5.75 Å². The number of amides is 1. The first-order chi connectivity index (χ1) is 12.8. The molecule has 1 saturated heterocycles. The van der Waals surface area contributed by atoms with Crippen LogP contribution in [0.25, 0.3) is 0 Å². The molecule has 2 heterocycles. The summed E-state index contributed by atoms with van der Waals surface area (Å²) in [4.78, 5) is 17.8. The van der Waals surface area contributed by atoms with Crippen molar-refractivity contribution in [2.75, 3.05) is 24.6 Å². The van der Waals surface area contributed by atoms with E-state index >= 15 is 0 Å². The molecule has 0 bridgehead atoms. The smallest absolute Gasteiger partial charge is 0.417 e. The van der Waals surface area contributed by atoms with Crippen LogP contribution >= 0.6 is 0 Å². The van der Waals surface area contributed by atoms with Crippen molar-refractivity contribution in [2.45, 2.75) is 25.6 Å². The number of pyridine rings is 1. The predicted molar refractivity (Wildman–Crippen MR) is 94.7 cm³/mol. The van der Waals surface area contributed by atoms with Gasteiger partial charge in [-0.25, -0.2) is 4.98 Å². The first-order valence-electron chi connectivity index (χ1n) is 8.58. The van der Waals surface area contributed by atoms with Gasteiger partial charge in [0.05, 0.1) is 5.56 Å². The minimum atomic E-state index is -4.40. The van der Waals surface area contributed by atoms with Gasteiger partial charge in [0, 0.05) is 25.3 Å². The summed E-state index contributed by atoms with van der Waals surface area (Å²) in [5, 5.41) is 2.89. The highest BCUT2D eigenvalue weighted by Gasteiger charge is 2.31. The van der Waals surface area contributed by atoms with Crippen molar-refractivity contribution >= 4 is 11.7 Å². The van der Waals surface area contributed by atoms with Crippen LogP contribution < -0.4 is 15.0 Å². The van der Waals surface area contributed by atoms with Gasteiger partial charge in [-0.1, -0.05) is 12.1 Å². The minimum Gasteiger partial charge on any atom is -0.484 e. The van der Waals surface area contributed by atoms with Crippen LogP contribution in [0, 0.1) is 6.92 Å². The second-order valence-electron chi connectivity index (χ2n) is 6.51. The average molecular weight is 379 g/mol. The quantitative estimate of drug-likeness (QED) is 0.867. The third-order valence-electron chi connectivity index (χ3n) is 4.31. The number of nitrogens with one attached hydrogen (secondary N) is 1. The Morgan fingerprint density at radius 2 is 2.15 bits per heavy atom. The molecule has 3 rings (SSSR count).